The maximum Gasteiger partial charge on any atom is 0.238 e. The van der Waals surface area contributed by atoms with Crippen molar-refractivity contribution >= 4 is 43.6 Å². The lowest BCUT2D eigenvalue weighted by Gasteiger charge is -2.12. The molecule has 8 aromatic carbocycles. The highest BCUT2D eigenvalue weighted by Gasteiger charge is 2.23. The van der Waals surface area contributed by atoms with E-state index in [1.165, 1.54) is 10.8 Å². The van der Waals surface area contributed by atoms with Gasteiger partial charge in [-0.2, -0.15) is 9.97 Å². The zero-order valence-electron chi connectivity index (χ0n) is 33.5. The standard InChI is InChI=1S/C56H36N6/c1-4-17-37(18-5-1)40-23-14-25-42(35-40)55-58-54(39-21-8-3-9-22-39)59-56(60-55)62-49-32-13-11-28-45(49)53-51(62)34-33-50-52(53)44-27-10-12-31-48(44)61(50)43-26-15-24-41(36-43)47-30-16-29-46(57-47)38-19-6-2-7-20-38/h1-36H. The summed E-state index contributed by atoms with van der Waals surface area (Å²) in [5, 5.41) is 4.62. The lowest BCUT2D eigenvalue weighted by molar-refractivity contribution is 0.953. The van der Waals surface area contributed by atoms with E-state index >= 15 is 0 Å². The van der Waals surface area contributed by atoms with Gasteiger partial charge in [-0.05, 0) is 65.7 Å². The monoisotopic (exact) mass is 792 g/mol. The zero-order chi connectivity index (χ0) is 41.0. The molecule has 0 aliphatic heterocycles. The second-order valence-corrected chi connectivity index (χ2v) is 15.5. The van der Waals surface area contributed by atoms with Gasteiger partial charge in [-0.1, -0.05) is 164 Å². The molecule has 0 unspecified atom stereocenters. The number of rotatable bonds is 7. The third kappa shape index (κ3) is 5.96. The van der Waals surface area contributed by atoms with Gasteiger partial charge in [0.25, 0.3) is 0 Å². The lowest BCUT2D eigenvalue weighted by Crippen LogP contribution is -2.06. The summed E-state index contributed by atoms with van der Waals surface area (Å²) in [6.07, 6.45) is 0. The molecule has 290 valence electrons. The molecule has 0 saturated carbocycles. The van der Waals surface area contributed by atoms with Crippen molar-refractivity contribution in [1.29, 1.82) is 0 Å². The molecule has 62 heavy (non-hydrogen) atoms. The Labute approximate surface area is 357 Å². The highest BCUT2D eigenvalue weighted by molar-refractivity contribution is 6.28. The molecule has 0 aliphatic rings. The molecular weight excluding hydrogens is 757 g/mol. The maximum atomic E-state index is 5.30. The van der Waals surface area contributed by atoms with Gasteiger partial charge in [0, 0.05) is 49.5 Å². The molecule has 0 saturated heterocycles. The van der Waals surface area contributed by atoms with Crippen LogP contribution in [0.3, 0.4) is 0 Å². The fourth-order valence-corrected chi connectivity index (χ4v) is 8.96. The van der Waals surface area contributed by atoms with E-state index in [1.807, 2.05) is 30.3 Å². The molecule has 4 heterocycles. The molecule has 0 N–H and O–H groups in total. The van der Waals surface area contributed by atoms with E-state index in [4.69, 9.17) is 19.9 Å². The average Bonchev–Trinajstić information content (AvgIpc) is 3.88. The van der Waals surface area contributed by atoms with E-state index in [2.05, 4.69) is 197 Å². The zero-order valence-corrected chi connectivity index (χ0v) is 33.5. The summed E-state index contributed by atoms with van der Waals surface area (Å²) in [5.41, 5.74) is 13.5. The Balaban J connectivity index is 1.07. The molecule has 0 atom stereocenters. The summed E-state index contributed by atoms with van der Waals surface area (Å²) in [7, 11) is 0. The van der Waals surface area contributed by atoms with Crippen molar-refractivity contribution in [2.75, 3.05) is 0 Å². The van der Waals surface area contributed by atoms with Gasteiger partial charge in [0.05, 0.1) is 33.5 Å². The summed E-state index contributed by atoms with van der Waals surface area (Å²) in [6, 6.07) is 76.1. The molecule has 6 nitrogen and oxygen atoms in total. The van der Waals surface area contributed by atoms with Crippen molar-refractivity contribution in [2.45, 2.75) is 0 Å². The minimum absolute atomic E-state index is 0.561. The molecular formula is C56H36N6. The molecule has 0 spiro atoms. The van der Waals surface area contributed by atoms with E-state index in [0.717, 1.165) is 83.3 Å². The van der Waals surface area contributed by atoms with Gasteiger partial charge in [-0.25, -0.2) is 9.97 Å². The van der Waals surface area contributed by atoms with Crippen LogP contribution in [-0.2, 0) is 0 Å². The average molecular weight is 793 g/mol. The van der Waals surface area contributed by atoms with E-state index < -0.39 is 0 Å². The predicted octanol–water partition coefficient (Wildman–Crippen LogP) is 13.8. The maximum absolute atomic E-state index is 5.30. The van der Waals surface area contributed by atoms with Crippen LogP contribution in [0.2, 0.25) is 0 Å². The van der Waals surface area contributed by atoms with Crippen LogP contribution < -0.4 is 0 Å². The van der Waals surface area contributed by atoms with Crippen LogP contribution >= 0.6 is 0 Å². The number of nitrogens with zero attached hydrogens (tertiary/aromatic N) is 6. The Morgan fingerprint density at radius 3 is 1.45 bits per heavy atom. The van der Waals surface area contributed by atoms with Gasteiger partial charge in [0.1, 0.15) is 0 Å². The first-order valence-electron chi connectivity index (χ1n) is 20.8. The molecule has 0 bridgehead atoms. The molecule has 0 radical (unpaired) electrons. The Morgan fingerprint density at radius 1 is 0.274 bits per heavy atom. The number of benzene rings is 8. The van der Waals surface area contributed by atoms with Gasteiger partial charge in [-0.3, -0.25) is 4.57 Å². The van der Waals surface area contributed by atoms with Gasteiger partial charge in [-0.15, -0.1) is 0 Å². The SMILES string of the molecule is c1ccc(-c2cccc(-c3nc(-c4ccccc4)nc(-n4c5ccccc5c5c6c7ccccc7n(-c7cccc(-c8cccc(-c9ccccc9)n8)c7)c6ccc54)n3)c2)cc1. The third-order valence-electron chi connectivity index (χ3n) is 11.8. The molecule has 0 aliphatic carbocycles. The summed E-state index contributed by atoms with van der Waals surface area (Å²) in [6.45, 7) is 0. The van der Waals surface area contributed by atoms with Crippen molar-refractivity contribution < 1.29 is 0 Å². The quantitative estimate of drug-likeness (QED) is 0.161. The summed E-state index contributed by atoms with van der Waals surface area (Å²) in [4.78, 5) is 20.8. The summed E-state index contributed by atoms with van der Waals surface area (Å²) in [5.74, 6) is 1.79. The first-order chi connectivity index (χ1) is 30.7. The minimum Gasteiger partial charge on any atom is -0.309 e. The second kappa shape index (κ2) is 14.7. The van der Waals surface area contributed by atoms with Crippen LogP contribution in [-0.4, -0.2) is 29.1 Å². The van der Waals surface area contributed by atoms with Crippen LogP contribution in [0.15, 0.2) is 218 Å². The Kier molecular flexibility index (Phi) is 8.38. The predicted molar refractivity (Wildman–Crippen MR) is 253 cm³/mol. The van der Waals surface area contributed by atoms with Crippen molar-refractivity contribution in [2.24, 2.45) is 0 Å². The summed E-state index contributed by atoms with van der Waals surface area (Å²) >= 11 is 0. The van der Waals surface area contributed by atoms with Gasteiger partial charge in [0.2, 0.25) is 5.95 Å². The third-order valence-corrected chi connectivity index (χ3v) is 11.8. The number of para-hydroxylation sites is 2. The van der Waals surface area contributed by atoms with E-state index in [9.17, 15) is 0 Å². The first-order valence-corrected chi connectivity index (χ1v) is 20.8. The minimum atomic E-state index is 0.561. The number of hydrogen-bond acceptors (Lipinski definition) is 4. The second-order valence-electron chi connectivity index (χ2n) is 15.5. The number of hydrogen-bond donors (Lipinski definition) is 0. The van der Waals surface area contributed by atoms with Crippen molar-refractivity contribution in [3.05, 3.63) is 218 Å². The largest absolute Gasteiger partial charge is 0.309 e. The number of aromatic nitrogens is 6. The fourth-order valence-electron chi connectivity index (χ4n) is 8.96. The normalized spacial score (nSPS) is 11.5. The van der Waals surface area contributed by atoms with E-state index in [0.29, 0.717) is 17.6 Å². The Hall–Kier alpha value is -8.48. The van der Waals surface area contributed by atoms with Gasteiger partial charge in [0.15, 0.2) is 11.6 Å². The summed E-state index contributed by atoms with van der Waals surface area (Å²) < 4.78 is 4.59. The van der Waals surface area contributed by atoms with Crippen molar-refractivity contribution in [3.63, 3.8) is 0 Å². The molecule has 4 aromatic heterocycles. The fraction of sp³-hybridized carbons (Fsp3) is 0. The lowest BCUT2D eigenvalue weighted by atomic mass is 10.0. The van der Waals surface area contributed by atoms with Crippen LogP contribution in [0.25, 0.3) is 112 Å². The number of fused-ring (bicyclic) bond motifs is 7. The topological polar surface area (TPSA) is 61.4 Å². The van der Waals surface area contributed by atoms with Crippen molar-refractivity contribution in [1.82, 2.24) is 29.1 Å². The van der Waals surface area contributed by atoms with Crippen LogP contribution in [0, 0.1) is 0 Å². The van der Waals surface area contributed by atoms with Crippen LogP contribution in [0.5, 0.6) is 0 Å². The molecule has 12 rings (SSSR count). The number of pyridine rings is 1. The van der Waals surface area contributed by atoms with E-state index in [1.54, 1.807) is 0 Å². The first kappa shape index (κ1) is 35.5. The molecule has 12 aromatic rings. The Bertz CT molecular complexity index is 3630. The highest BCUT2D eigenvalue weighted by atomic mass is 15.2. The van der Waals surface area contributed by atoms with Crippen LogP contribution in [0.4, 0.5) is 0 Å². The molecule has 6 heteroatoms. The van der Waals surface area contributed by atoms with Gasteiger partial charge >= 0.3 is 0 Å². The van der Waals surface area contributed by atoms with E-state index in [-0.39, 0.29) is 0 Å². The van der Waals surface area contributed by atoms with Gasteiger partial charge < -0.3 is 4.57 Å². The Morgan fingerprint density at radius 2 is 0.758 bits per heavy atom. The molecule has 0 fully saturated rings. The smallest absolute Gasteiger partial charge is 0.238 e. The molecule has 0 amide bonds. The highest BCUT2D eigenvalue weighted by Crippen LogP contribution is 2.42. The van der Waals surface area contributed by atoms with Crippen LogP contribution in [0.1, 0.15) is 0 Å². The van der Waals surface area contributed by atoms with Crippen molar-refractivity contribution in [3.8, 4) is 68.1 Å².